The van der Waals surface area contributed by atoms with E-state index in [4.69, 9.17) is 14.8 Å². The monoisotopic (exact) mass is 276 g/mol. The summed E-state index contributed by atoms with van der Waals surface area (Å²) in [6, 6.07) is 0. The van der Waals surface area contributed by atoms with Gasteiger partial charge in [0.2, 0.25) is 4.93 Å². The highest BCUT2D eigenvalue weighted by atomic mass is 32.2. The largest absolute Gasteiger partial charge is 0.394 e. The third-order valence-corrected chi connectivity index (χ3v) is 3.61. The molecule has 0 aromatic carbocycles. The van der Waals surface area contributed by atoms with E-state index in [0.29, 0.717) is 6.92 Å². The molecular weight excluding hydrogens is 260 g/mol. The minimum absolute atomic E-state index is 0.494. The highest BCUT2D eigenvalue weighted by Gasteiger charge is 2.49. The van der Waals surface area contributed by atoms with E-state index in [9.17, 15) is 28.8 Å². The highest BCUT2D eigenvalue weighted by Crippen LogP contribution is 2.21. The maximum atomic E-state index is 10.7. The van der Waals surface area contributed by atoms with Crippen LogP contribution >= 0.6 is 0 Å². The summed E-state index contributed by atoms with van der Waals surface area (Å²) >= 11 is 0. The van der Waals surface area contributed by atoms with E-state index < -0.39 is 46.1 Å². The van der Waals surface area contributed by atoms with Crippen molar-refractivity contribution in [2.75, 3.05) is 6.61 Å². The molecule has 5 atom stereocenters. The van der Waals surface area contributed by atoms with Crippen LogP contribution in [0.15, 0.2) is 0 Å². The van der Waals surface area contributed by atoms with Crippen molar-refractivity contribution in [3.05, 3.63) is 0 Å². The van der Waals surface area contributed by atoms with Gasteiger partial charge in [-0.1, -0.05) is 0 Å². The first-order valence-electron chi connectivity index (χ1n) is 4.49. The van der Waals surface area contributed by atoms with E-state index in [1.807, 2.05) is 0 Å². The molecule has 0 aliphatic rings. The summed E-state index contributed by atoms with van der Waals surface area (Å²) in [5.74, 6) is 0. The minimum atomic E-state index is -5.12. The van der Waals surface area contributed by atoms with Crippen LogP contribution in [0.3, 0.4) is 0 Å². The molecule has 7 N–H and O–H groups in total. The van der Waals surface area contributed by atoms with Gasteiger partial charge in [0.25, 0.3) is 10.1 Å². The topological polar surface area (TPSA) is 176 Å². The predicted molar refractivity (Wildman–Crippen MR) is 53.3 cm³/mol. The van der Waals surface area contributed by atoms with Gasteiger partial charge in [0.1, 0.15) is 24.4 Å². The molecule has 0 heterocycles. The second kappa shape index (κ2) is 5.54. The third kappa shape index (κ3) is 3.56. The zero-order valence-electron chi connectivity index (χ0n) is 8.87. The van der Waals surface area contributed by atoms with Crippen molar-refractivity contribution in [1.29, 1.82) is 0 Å². The highest BCUT2D eigenvalue weighted by molar-refractivity contribution is 7.87. The van der Waals surface area contributed by atoms with E-state index in [2.05, 4.69) is 0 Å². The van der Waals surface area contributed by atoms with Crippen LogP contribution < -0.4 is 0 Å². The lowest BCUT2D eigenvalue weighted by molar-refractivity contribution is -0.147. The van der Waals surface area contributed by atoms with Gasteiger partial charge < -0.3 is 30.6 Å². The molecule has 0 rings (SSSR count). The van der Waals surface area contributed by atoms with Gasteiger partial charge in [-0.25, -0.2) is 0 Å². The molecule has 0 saturated carbocycles. The fraction of sp³-hybridized carbons (Fsp3) is 1.00. The van der Waals surface area contributed by atoms with Crippen LogP contribution in [-0.4, -0.2) is 79.6 Å². The lowest BCUT2D eigenvalue weighted by atomic mass is 10.00. The van der Waals surface area contributed by atoms with Crippen LogP contribution in [-0.2, 0) is 10.1 Å². The SMILES string of the molecule is CC(O)([C@@H](O)[C@@H](O)[C@H](O)[C@H](O)CO)S(=O)(=O)O. The molecule has 0 aliphatic heterocycles. The fourth-order valence-corrected chi connectivity index (χ4v) is 1.44. The van der Waals surface area contributed by atoms with E-state index >= 15 is 0 Å². The Morgan fingerprint density at radius 3 is 1.82 bits per heavy atom. The summed E-state index contributed by atoms with van der Waals surface area (Å²) in [7, 11) is -5.12. The molecule has 0 fully saturated rings. The average molecular weight is 276 g/mol. The lowest BCUT2D eigenvalue weighted by Gasteiger charge is -2.32. The molecule has 0 amide bonds. The Morgan fingerprint density at radius 1 is 1.12 bits per heavy atom. The molecule has 0 aromatic rings. The van der Waals surface area contributed by atoms with Gasteiger partial charge in [0.05, 0.1) is 6.61 Å². The second-order valence-electron chi connectivity index (χ2n) is 3.71. The minimum Gasteiger partial charge on any atom is -0.394 e. The molecular formula is C7H16O9S. The van der Waals surface area contributed by atoms with Crippen molar-refractivity contribution < 1.29 is 43.6 Å². The standard InChI is InChI=1S/C7H16O9S/c1-7(13,17(14,15)16)6(12)5(11)4(10)3(9)2-8/h3-6,8-13H,2H2,1H3,(H,14,15,16)/t3-,4-,5+,6+,7?/m1/s1. The summed E-state index contributed by atoms with van der Waals surface area (Å²) in [6.45, 7) is -0.465. The zero-order valence-corrected chi connectivity index (χ0v) is 9.69. The molecule has 0 spiro atoms. The number of hydrogen-bond donors (Lipinski definition) is 7. The summed E-state index contributed by atoms with van der Waals surface area (Å²) in [6.07, 6.45) is -8.75. The molecule has 0 aliphatic carbocycles. The Morgan fingerprint density at radius 2 is 1.53 bits per heavy atom. The molecule has 0 saturated heterocycles. The zero-order chi connectivity index (χ0) is 14.0. The van der Waals surface area contributed by atoms with Gasteiger partial charge in [0.15, 0.2) is 0 Å². The van der Waals surface area contributed by atoms with Gasteiger partial charge in [-0.15, -0.1) is 0 Å². The van der Waals surface area contributed by atoms with Crippen LogP contribution in [0.5, 0.6) is 0 Å². The molecule has 10 heteroatoms. The van der Waals surface area contributed by atoms with E-state index in [0.717, 1.165) is 0 Å². The predicted octanol–water partition coefficient (Wildman–Crippen LogP) is -3.98. The van der Waals surface area contributed by atoms with Gasteiger partial charge in [0, 0.05) is 0 Å². The number of rotatable bonds is 6. The summed E-state index contributed by atoms with van der Waals surface area (Å²) < 4.78 is 30.0. The summed E-state index contributed by atoms with van der Waals surface area (Å²) in [5, 5.41) is 54.5. The first kappa shape index (κ1) is 16.7. The quantitative estimate of drug-likeness (QED) is 0.238. The van der Waals surface area contributed by atoms with Gasteiger partial charge >= 0.3 is 0 Å². The summed E-state index contributed by atoms with van der Waals surface area (Å²) in [5.41, 5.74) is 0. The van der Waals surface area contributed by atoms with Crippen molar-refractivity contribution in [2.45, 2.75) is 36.3 Å². The first-order chi connectivity index (χ1) is 7.46. The molecule has 0 aromatic heterocycles. The Balaban J connectivity index is 5.00. The van der Waals surface area contributed by atoms with Crippen molar-refractivity contribution >= 4 is 10.1 Å². The Labute approximate surface area is 97.3 Å². The van der Waals surface area contributed by atoms with Crippen LogP contribution in [0, 0.1) is 0 Å². The van der Waals surface area contributed by atoms with Gasteiger partial charge in [-0.2, -0.15) is 8.42 Å². The Hall–Kier alpha value is -0.330. The van der Waals surface area contributed by atoms with Crippen LogP contribution in [0.25, 0.3) is 0 Å². The van der Waals surface area contributed by atoms with Gasteiger partial charge in [-0.3, -0.25) is 4.55 Å². The van der Waals surface area contributed by atoms with Crippen molar-refractivity contribution in [2.24, 2.45) is 0 Å². The molecule has 104 valence electrons. The number of hydrogen-bond acceptors (Lipinski definition) is 8. The first-order valence-corrected chi connectivity index (χ1v) is 5.93. The number of aliphatic hydroxyl groups excluding tert-OH is 5. The molecule has 0 bridgehead atoms. The van der Waals surface area contributed by atoms with Crippen molar-refractivity contribution in [1.82, 2.24) is 0 Å². The van der Waals surface area contributed by atoms with Gasteiger partial charge in [-0.05, 0) is 6.92 Å². The normalized spacial score (nSPS) is 23.5. The third-order valence-electron chi connectivity index (χ3n) is 2.33. The molecule has 0 radical (unpaired) electrons. The Bertz CT molecular complexity index is 337. The molecule has 17 heavy (non-hydrogen) atoms. The average Bonchev–Trinajstić information content (AvgIpc) is 2.23. The second-order valence-corrected chi connectivity index (χ2v) is 5.48. The van der Waals surface area contributed by atoms with Crippen LogP contribution in [0.1, 0.15) is 6.92 Å². The van der Waals surface area contributed by atoms with E-state index in [-0.39, 0.29) is 0 Å². The van der Waals surface area contributed by atoms with Crippen LogP contribution in [0.2, 0.25) is 0 Å². The Kier molecular flexibility index (Phi) is 5.43. The maximum Gasteiger partial charge on any atom is 0.297 e. The molecule has 1 unspecified atom stereocenters. The number of aliphatic hydroxyl groups is 6. The van der Waals surface area contributed by atoms with Crippen molar-refractivity contribution in [3.8, 4) is 0 Å². The molecule has 9 nitrogen and oxygen atoms in total. The maximum absolute atomic E-state index is 10.7. The van der Waals surface area contributed by atoms with Crippen LogP contribution in [0.4, 0.5) is 0 Å². The summed E-state index contributed by atoms with van der Waals surface area (Å²) in [4.78, 5) is -3.14. The lowest BCUT2D eigenvalue weighted by Crippen LogP contribution is -2.57. The van der Waals surface area contributed by atoms with Crippen molar-refractivity contribution in [3.63, 3.8) is 0 Å². The van der Waals surface area contributed by atoms with E-state index in [1.54, 1.807) is 0 Å². The van der Waals surface area contributed by atoms with E-state index in [1.165, 1.54) is 0 Å². The fourth-order valence-electron chi connectivity index (χ4n) is 0.992. The smallest absolute Gasteiger partial charge is 0.297 e.